The smallest absolute Gasteiger partial charge is 0.365 e. The second kappa shape index (κ2) is 8.78. The lowest BCUT2D eigenvalue weighted by Gasteiger charge is -2.07. The molecule has 2 unspecified atom stereocenters. The van der Waals surface area contributed by atoms with Gasteiger partial charge in [-0.15, -0.1) is 0 Å². The fourth-order valence-electron chi connectivity index (χ4n) is 3.41. The van der Waals surface area contributed by atoms with Crippen molar-refractivity contribution in [3.05, 3.63) is 89.7 Å². The Hall–Kier alpha value is -3.67. The van der Waals surface area contributed by atoms with Gasteiger partial charge in [-0.25, -0.2) is 4.79 Å². The molecule has 1 heterocycles. The van der Waals surface area contributed by atoms with Crippen LogP contribution in [0.25, 0.3) is 0 Å². The molecule has 0 saturated heterocycles. The molecule has 0 N–H and O–H groups in total. The quantitative estimate of drug-likeness (QED) is 0.331. The van der Waals surface area contributed by atoms with Crippen molar-refractivity contribution in [3.8, 4) is 11.5 Å². The molecule has 1 aliphatic rings. The summed E-state index contributed by atoms with van der Waals surface area (Å²) in [6.07, 6.45) is 2.63. The number of benzene rings is 2. The van der Waals surface area contributed by atoms with E-state index in [1.807, 2.05) is 30.3 Å². The summed E-state index contributed by atoms with van der Waals surface area (Å²) < 4.78 is 10.4. The van der Waals surface area contributed by atoms with Crippen LogP contribution >= 0.6 is 0 Å². The van der Waals surface area contributed by atoms with E-state index in [4.69, 9.17) is 14.3 Å². The number of methoxy groups -OCH3 is 2. The third-order valence-electron chi connectivity index (χ3n) is 5.17. The van der Waals surface area contributed by atoms with Crippen molar-refractivity contribution in [1.82, 2.24) is 4.98 Å². The van der Waals surface area contributed by atoms with Gasteiger partial charge in [0.15, 0.2) is 0 Å². The Morgan fingerprint density at radius 2 is 1.60 bits per heavy atom. The summed E-state index contributed by atoms with van der Waals surface area (Å²) in [5.41, 5.74) is 2.99. The Balaban J connectivity index is 1.54. The van der Waals surface area contributed by atoms with Crippen LogP contribution in [-0.4, -0.2) is 30.9 Å². The number of rotatable bonds is 7. The molecule has 1 fully saturated rings. The zero-order valence-corrected chi connectivity index (χ0v) is 16.8. The molecule has 0 radical (unpaired) electrons. The predicted octanol–water partition coefficient (Wildman–Crippen LogP) is 4.46. The summed E-state index contributed by atoms with van der Waals surface area (Å²) in [5, 5.41) is 4.23. The topological polar surface area (TPSA) is 70.0 Å². The van der Waals surface area contributed by atoms with Crippen molar-refractivity contribution in [1.29, 1.82) is 0 Å². The van der Waals surface area contributed by atoms with Crippen LogP contribution in [0.4, 0.5) is 0 Å². The lowest BCUT2D eigenvalue weighted by Crippen LogP contribution is -2.11. The minimum Gasteiger partial charge on any atom is -0.497 e. The number of ether oxygens (including phenoxy) is 2. The molecule has 2 atom stereocenters. The Morgan fingerprint density at radius 3 is 2.20 bits per heavy atom. The van der Waals surface area contributed by atoms with Crippen molar-refractivity contribution in [2.45, 2.75) is 12.3 Å². The van der Waals surface area contributed by atoms with Crippen molar-refractivity contribution in [2.24, 2.45) is 11.1 Å². The molecule has 4 rings (SSSR count). The van der Waals surface area contributed by atoms with E-state index in [2.05, 4.69) is 22.3 Å². The van der Waals surface area contributed by atoms with E-state index in [9.17, 15) is 4.79 Å². The molecule has 0 aliphatic heterocycles. The van der Waals surface area contributed by atoms with Gasteiger partial charge in [-0.3, -0.25) is 4.98 Å². The number of hydrogen-bond acceptors (Lipinski definition) is 6. The summed E-state index contributed by atoms with van der Waals surface area (Å²) in [6.45, 7) is 0. The van der Waals surface area contributed by atoms with Crippen LogP contribution in [0.15, 0.2) is 78.1 Å². The fraction of sp³-hybridized carbons (Fsp3) is 0.208. The van der Waals surface area contributed by atoms with Crippen LogP contribution < -0.4 is 9.47 Å². The lowest BCUT2D eigenvalue weighted by atomic mass is 10.1. The Kier molecular flexibility index (Phi) is 5.75. The maximum atomic E-state index is 12.4. The summed E-state index contributed by atoms with van der Waals surface area (Å²) in [6, 6.07) is 20.4. The molecule has 1 aromatic heterocycles. The highest BCUT2D eigenvalue weighted by atomic mass is 16.7. The standard InChI is InChI=1S/C24H22N2O4/c1-28-18-10-6-16(7-11-18)20-15-21(20)23(22-5-3-4-14-25-22)26-30-24(27)17-8-12-19(29-2)13-9-17/h3-14,20-21H,15H2,1-2H3/b26-23-. The molecule has 1 aliphatic carbocycles. The number of oxime groups is 1. The van der Waals surface area contributed by atoms with Crippen LogP contribution in [0.1, 0.15) is 34.0 Å². The molecule has 6 heteroatoms. The maximum absolute atomic E-state index is 12.4. The van der Waals surface area contributed by atoms with E-state index in [0.29, 0.717) is 28.6 Å². The van der Waals surface area contributed by atoms with Crippen LogP contribution in [-0.2, 0) is 4.84 Å². The average Bonchev–Trinajstić information content (AvgIpc) is 3.60. The minimum absolute atomic E-state index is 0.136. The molecular weight excluding hydrogens is 380 g/mol. The second-order valence-corrected chi connectivity index (χ2v) is 7.02. The Bertz CT molecular complexity index is 1030. The summed E-state index contributed by atoms with van der Waals surface area (Å²) in [4.78, 5) is 22.1. The summed E-state index contributed by atoms with van der Waals surface area (Å²) in [5.74, 6) is 1.41. The Morgan fingerprint density at radius 1 is 0.933 bits per heavy atom. The zero-order valence-electron chi connectivity index (χ0n) is 16.8. The van der Waals surface area contributed by atoms with Gasteiger partial charge in [0.05, 0.1) is 25.5 Å². The third kappa shape index (κ3) is 4.33. The average molecular weight is 402 g/mol. The lowest BCUT2D eigenvalue weighted by molar-refractivity contribution is 0.0515. The van der Waals surface area contributed by atoms with Gasteiger partial charge in [0.1, 0.15) is 17.2 Å². The summed E-state index contributed by atoms with van der Waals surface area (Å²) >= 11 is 0. The van der Waals surface area contributed by atoms with Gasteiger partial charge in [-0.1, -0.05) is 23.4 Å². The monoisotopic (exact) mass is 402 g/mol. The van der Waals surface area contributed by atoms with E-state index in [1.54, 1.807) is 44.7 Å². The number of nitrogens with zero attached hydrogens (tertiary/aromatic N) is 2. The van der Waals surface area contributed by atoms with Gasteiger partial charge in [0.2, 0.25) is 0 Å². The van der Waals surface area contributed by atoms with E-state index in [0.717, 1.165) is 12.2 Å². The van der Waals surface area contributed by atoms with E-state index < -0.39 is 5.97 Å². The highest BCUT2D eigenvalue weighted by Crippen LogP contribution is 2.49. The van der Waals surface area contributed by atoms with Crippen molar-refractivity contribution in [3.63, 3.8) is 0 Å². The molecule has 30 heavy (non-hydrogen) atoms. The van der Waals surface area contributed by atoms with Gasteiger partial charge in [0.25, 0.3) is 0 Å². The molecule has 0 amide bonds. The number of pyridine rings is 1. The van der Waals surface area contributed by atoms with Crippen molar-refractivity contribution in [2.75, 3.05) is 14.2 Å². The van der Waals surface area contributed by atoms with Crippen LogP contribution in [0.3, 0.4) is 0 Å². The minimum atomic E-state index is -0.521. The molecule has 0 bridgehead atoms. The van der Waals surface area contributed by atoms with E-state index in [-0.39, 0.29) is 5.92 Å². The molecule has 0 spiro atoms. The van der Waals surface area contributed by atoms with E-state index >= 15 is 0 Å². The SMILES string of the molecule is COc1ccc(C(=O)O/N=C(\c2ccccn2)C2CC2c2ccc(OC)cc2)cc1. The number of carbonyl (C=O) groups is 1. The first kappa shape index (κ1) is 19.6. The molecule has 1 saturated carbocycles. The number of hydrogen-bond donors (Lipinski definition) is 0. The van der Waals surface area contributed by atoms with Crippen LogP contribution in [0.5, 0.6) is 11.5 Å². The Labute approximate surface area is 175 Å². The van der Waals surface area contributed by atoms with Crippen molar-refractivity contribution < 1.29 is 19.1 Å². The van der Waals surface area contributed by atoms with Crippen molar-refractivity contribution >= 4 is 11.7 Å². The van der Waals surface area contributed by atoms with E-state index in [1.165, 1.54) is 5.56 Å². The predicted molar refractivity (Wildman–Crippen MR) is 113 cm³/mol. The largest absolute Gasteiger partial charge is 0.497 e. The highest BCUT2D eigenvalue weighted by molar-refractivity contribution is 6.03. The summed E-state index contributed by atoms with van der Waals surface area (Å²) in [7, 11) is 3.23. The highest BCUT2D eigenvalue weighted by Gasteiger charge is 2.43. The number of aromatic nitrogens is 1. The maximum Gasteiger partial charge on any atom is 0.365 e. The van der Waals surface area contributed by atoms with Crippen LogP contribution in [0.2, 0.25) is 0 Å². The van der Waals surface area contributed by atoms with Gasteiger partial charge in [-0.05, 0) is 66.4 Å². The molecule has 3 aromatic rings. The third-order valence-corrected chi connectivity index (χ3v) is 5.17. The first-order chi connectivity index (χ1) is 14.7. The first-order valence-corrected chi connectivity index (χ1v) is 9.68. The second-order valence-electron chi connectivity index (χ2n) is 7.02. The number of carbonyl (C=O) groups excluding carboxylic acids is 1. The van der Waals surface area contributed by atoms with Gasteiger partial charge < -0.3 is 14.3 Å². The zero-order chi connectivity index (χ0) is 20.9. The van der Waals surface area contributed by atoms with Gasteiger partial charge in [0, 0.05) is 12.1 Å². The normalized spacial score (nSPS) is 17.9. The fourth-order valence-corrected chi connectivity index (χ4v) is 3.41. The van der Waals surface area contributed by atoms with Gasteiger partial charge in [-0.2, -0.15) is 0 Å². The molecular formula is C24H22N2O4. The molecule has 6 nitrogen and oxygen atoms in total. The molecule has 2 aromatic carbocycles. The van der Waals surface area contributed by atoms with Crippen LogP contribution in [0, 0.1) is 5.92 Å². The van der Waals surface area contributed by atoms with Gasteiger partial charge >= 0.3 is 5.97 Å². The molecule has 152 valence electrons. The first-order valence-electron chi connectivity index (χ1n) is 9.68.